The van der Waals surface area contributed by atoms with Gasteiger partial charge >= 0.3 is 6.36 Å². The Morgan fingerprint density at radius 2 is 1.73 bits per heavy atom. The lowest BCUT2D eigenvalue weighted by atomic mass is 10.1. The Balaban J connectivity index is 1.53. The summed E-state index contributed by atoms with van der Waals surface area (Å²) in [6, 6.07) is 12.8. The number of benzene rings is 2. The fraction of sp³-hybridized carbons (Fsp3) is 0.0870. The molecule has 0 radical (unpaired) electrons. The molecule has 0 fully saturated rings. The number of alkyl halides is 3. The Labute approximate surface area is 183 Å². The van der Waals surface area contributed by atoms with Gasteiger partial charge in [0.2, 0.25) is 0 Å². The fourth-order valence-corrected chi connectivity index (χ4v) is 3.59. The predicted octanol–water partition coefficient (Wildman–Crippen LogP) is 5.25. The number of halogens is 4. The highest BCUT2D eigenvalue weighted by Gasteiger charge is 2.31. The van der Waals surface area contributed by atoms with Crippen LogP contribution in [0.4, 0.5) is 17.6 Å². The van der Waals surface area contributed by atoms with Gasteiger partial charge in [0.1, 0.15) is 11.6 Å². The van der Waals surface area contributed by atoms with Crippen molar-refractivity contribution in [2.24, 2.45) is 0 Å². The van der Waals surface area contributed by atoms with Crippen LogP contribution < -0.4 is 10.2 Å². The van der Waals surface area contributed by atoms with Crippen molar-refractivity contribution >= 4 is 16.6 Å². The summed E-state index contributed by atoms with van der Waals surface area (Å²) in [4.78, 5) is 20.3. The number of nitrogens with zero attached hydrogens (tertiary/aromatic N) is 3. The highest BCUT2D eigenvalue weighted by atomic mass is 19.4. The van der Waals surface area contributed by atoms with E-state index in [1.165, 1.54) is 47.0 Å². The molecular formula is C23H14F4N4O2. The van der Waals surface area contributed by atoms with E-state index in [2.05, 4.69) is 19.8 Å². The van der Waals surface area contributed by atoms with Crippen molar-refractivity contribution in [3.8, 4) is 28.4 Å². The average molecular weight is 454 g/mol. The zero-order valence-electron chi connectivity index (χ0n) is 16.9. The average Bonchev–Trinajstić information content (AvgIpc) is 3.19. The number of fused-ring (bicyclic) bond motifs is 2. The third-order valence-corrected chi connectivity index (χ3v) is 5.18. The van der Waals surface area contributed by atoms with Crippen molar-refractivity contribution in [3.05, 3.63) is 82.4 Å². The summed E-state index contributed by atoms with van der Waals surface area (Å²) in [7, 11) is 0. The van der Waals surface area contributed by atoms with E-state index in [-0.39, 0.29) is 22.4 Å². The van der Waals surface area contributed by atoms with E-state index >= 15 is 0 Å². The molecule has 0 amide bonds. The van der Waals surface area contributed by atoms with Gasteiger partial charge in [-0.15, -0.1) is 18.3 Å². The lowest BCUT2D eigenvalue weighted by Crippen LogP contribution is -2.16. The highest BCUT2D eigenvalue weighted by molar-refractivity contribution is 5.82. The second-order valence-electron chi connectivity index (χ2n) is 7.37. The molecule has 0 spiro atoms. The molecule has 0 aliphatic rings. The molecule has 5 rings (SSSR count). The van der Waals surface area contributed by atoms with E-state index in [0.717, 1.165) is 0 Å². The van der Waals surface area contributed by atoms with Crippen LogP contribution in [0.25, 0.3) is 39.2 Å². The van der Waals surface area contributed by atoms with Gasteiger partial charge in [0.25, 0.3) is 0 Å². The van der Waals surface area contributed by atoms with E-state index in [0.29, 0.717) is 33.5 Å². The van der Waals surface area contributed by atoms with Gasteiger partial charge < -0.3 is 9.72 Å². The minimum atomic E-state index is -4.76. The topological polar surface area (TPSA) is 72.3 Å². The number of hydrogen-bond donors (Lipinski definition) is 1. The molecule has 33 heavy (non-hydrogen) atoms. The molecule has 3 aromatic heterocycles. The van der Waals surface area contributed by atoms with Crippen molar-refractivity contribution in [3.63, 3.8) is 0 Å². The van der Waals surface area contributed by atoms with Gasteiger partial charge in [-0.1, -0.05) is 12.1 Å². The summed E-state index contributed by atoms with van der Waals surface area (Å²) in [5.74, 6) is -0.538. The molecule has 166 valence electrons. The maximum Gasteiger partial charge on any atom is 0.573 e. The third-order valence-electron chi connectivity index (χ3n) is 5.18. The Morgan fingerprint density at radius 1 is 1.00 bits per heavy atom. The van der Waals surface area contributed by atoms with Crippen molar-refractivity contribution in [2.45, 2.75) is 13.3 Å². The van der Waals surface area contributed by atoms with Crippen molar-refractivity contribution < 1.29 is 22.3 Å². The van der Waals surface area contributed by atoms with Crippen LogP contribution in [0.3, 0.4) is 0 Å². The number of ether oxygens (including phenoxy) is 1. The lowest BCUT2D eigenvalue weighted by Gasteiger charge is -2.09. The molecule has 5 aromatic rings. The first-order chi connectivity index (χ1) is 15.7. The van der Waals surface area contributed by atoms with Gasteiger partial charge in [0, 0.05) is 22.7 Å². The molecule has 0 unspecified atom stereocenters. The molecule has 0 saturated heterocycles. The maximum atomic E-state index is 13.5. The number of pyridine rings is 2. The minimum absolute atomic E-state index is 0.236. The molecule has 0 bridgehead atoms. The van der Waals surface area contributed by atoms with Crippen LogP contribution in [-0.2, 0) is 0 Å². The second-order valence-corrected chi connectivity index (χ2v) is 7.37. The first kappa shape index (κ1) is 20.7. The molecule has 0 saturated carbocycles. The second kappa shape index (κ2) is 7.44. The summed E-state index contributed by atoms with van der Waals surface area (Å²) in [5.41, 5.74) is 2.76. The lowest BCUT2D eigenvalue weighted by molar-refractivity contribution is -0.274. The number of rotatable bonds is 3. The third kappa shape index (κ3) is 3.91. The number of nitrogens with one attached hydrogen (secondary N) is 1. The summed E-state index contributed by atoms with van der Waals surface area (Å²) >= 11 is 0. The summed E-state index contributed by atoms with van der Waals surface area (Å²) in [6.07, 6.45) is -3.08. The normalized spacial score (nSPS) is 11.9. The van der Waals surface area contributed by atoms with Gasteiger partial charge in [0.15, 0.2) is 16.9 Å². The number of hydrogen-bond acceptors (Lipinski definition) is 4. The highest BCUT2D eigenvalue weighted by Crippen LogP contribution is 2.27. The Bertz CT molecular complexity index is 1570. The molecule has 0 atom stereocenters. The van der Waals surface area contributed by atoms with E-state index in [1.54, 1.807) is 25.3 Å². The summed E-state index contributed by atoms with van der Waals surface area (Å²) in [6.45, 7) is 1.61. The van der Waals surface area contributed by atoms with Crippen LogP contribution in [0.2, 0.25) is 0 Å². The van der Waals surface area contributed by atoms with E-state index in [9.17, 15) is 22.4 Å². The van der Waals surface area contributed by atoms with Crippen LogP contribution in [0.15, 0.2) is 65.6 Å². The SMILES string of the molecule is Cc1c(-c2nc3ccc(-c4ccc(OC(F)(F)F)cc4)cn3n2)[nH]c2ccc(F)cc2c1=O. The number of aromatic amines is 1. The minimum Gasteiger partial charge on any atom is -0.406 e. The molecule has 6 nitrogen and oxygen atoms in total. The van der Waals surface area contributed by atoms with Crippen molar-refractivity contribution in [2.75, 3.05) is 0 Å². The first-order valence-corrected chi connectivity index (χ1v) is 9.73. The standard InChI is InChI=1S/C23H14F4N4O2/c1-12-20(28-18-8-5-15(24)10-17(18)21(12)32)22-29-19-9-4-14(11-31(19)30-22)13-2-6-16(7-3-13)33-23(25,26)27/h2-11H,1H3,(H,28,32). The van der Waals surface area contributed by atoms with Crippen molar-refractivity contribution in [1.29, 1.82) is 0 Å². The van der Waals surface area contributed by atoms with E-state index in [1.807, 2.05) is 0 Å². The van der Waals surface area contributed by atoms with Gasteiger partial charge in [-0.2, -0.15) is 0 Å². The molecule has 2 aromatic carbocycles. The molecular weight excluding hydrogens is 440 g/mol. The van der Waals surface area contributed by atoms with Gasteiger partial charge in [-0.25, -0.2) is 13.9 Å². The fourth-order valence-electron chi connectivity index (χ4n) is 3.59. The molecule has 0 aliphatic heterocycles. The monoisotopic (exact) mass is 454 g/mol. The van der Waals surface area contributed by atoms with Gasteiger partial charge in [-0.05, 0) is 55.0 Å². The predicted molar refractivity (Wildman–Crippen MR) is 113 cm³/mol. The Hall–Kier alpha value is -4.21. The zero-order valence-corrected chi connectivity index (χ0v) is 16.9. The largest absolute Gasteiger partial charge is 0.573 e. The maximum absolute atomic E-state index is 13.5. The van der Waals surface area contributed by atoms with Crippen LogP contribution in [0, 0.1) is 12.7 Å². The number of aromatic nitrogens is 4. The molecule has 10 heteroatoms. The van der Waals surface area contributed by atoms with Crippen LogP contribution in [0.1, 0.15) is 5.56 Å². The zero-order chi connectivity index (χ0) is 23.3. The molecule has 0 aliphatic carbocycles. The number of H-pyrrole nitrogens is 1. The van der Waals surface area contributed by atoms with Crippen LogP contribution in [-0.4, -0.2) is 25.9 Å². The first-order valence-electron chi connectivity index (χ1n) is 9.73. The van der Waals surface area contributed by atoms with E-state index in [4.69, 9.17) is 0 Å². The summed E-state index contributed by atoms with van der Waals surface area (Å²) in [5, 5.41) is 4.69. The quantitative estimate of drug-likeness (QED) is 0.378. The Kier molecular flexibility index (Phi) is 4.66. The van der Waals surface area contributed by atoms with Crippen LogP contribution >= 0.6 is 0 Å². The molecule has 3 heterocycles. The van der Waals surface area contributed by atoms with Gasteiger partial charge in [-0.3, -0.25) is 4.79 Å². The van der Waals surface area contributed by atoms with Gasteiger partial charge in [0.05, 0.1) is 11.2 Å². The van der Waals surface area contributed by atoms with Crippen LogP contribution in [0.5, 0.6) is 5.75 Å². The Morgan fingerprint density at radius 3 is 2.45 bits per heavy atom. The molecule has 1 N–H and O–H groups in total. The van der Waals surface area contributed by atoms with Crippen molar-refractivity contribution in [1.82, 2.24) is 19.6 Å². The smallest absolute Gasteiger partial charge is 0.406 e. The van der Waals surface area contributed by atoms with E-state index < -0.39 is 12.2 Å². The summed E-state index contributed by atoms with van der Waals surface area (Å²) < 4.78 is 56.0.